The van der Waals surface area contributed by atoms with Crippen LogP contribution < -0.4 is 0 Å². The molecule has 1 heterocycles. The quantitative estimate of drug-likeness (QED) is 0.201. The number of benzene rings is 7. The summed E-state index contributed by atoms with van der Waals surface area (Å²) in [4.78, 5) is 10.1. The van der Waals surface area contributed by atoms with Crippen LogP contribution in [0.2, 0.25) is 0 Å². The Balaban J connectivity index is 1.15. The molecule has 1 aromatic heterocycles. The van der Waals surface area contributed by atoms with Gasteiger partial charge in [-0.25, -0.2) is 9.97 Å². The van der Waals surface area contributed by atoms with E-state index in [1.165, 1.54) is 54.9 Å². The Morgan fingerprint density at radius 1 is 0.383 bits per heavy atom. The second-order valence-electron chi connectivity index (χ2n) is 13.1. The van der Waals surface area contributed by atoms with Crippen LogP contribution in [-0.4, -0.2) is 9.97 Å². The van der Waals surface area contributed by atoms with E-state index >= 15 is 0 Å². The van der Waals surface area contributed by atoms with E-state index in [0.29, 0.717) is 0 Å². The summed E-state index contributed by atoms with van der Waals surface area (Å²) in [6, 6.07) is 56.5. The first-order valence-corrected chi connectivity index (χ1v) is 16.2. The van der Waals surface area contributed by atoms with E-state index in [0.717, 1.165) is 33.9 Å². The van der Waals surface area contributed by atoms with Gasteiger partial charge in [0.2, 0.25) is 0 Å². The lowest BCUT2D eigenvalue weighted by Crippen LogP contribution is -2.14. The van der Waals surface area contributed by atoms with Gasteiger partial charge in [-0.05, 0) is 85.3 Å². The third-order valence-corrected chi connectivity index (χ3v) is 9.84. The van der Waals surface area contributed by atoms with Gasteiger partial charge in [0, 0.05) is 22.1 Å². The zero-order valence-corrected chi connectivity index (χ0v) is 26.4. The molecule has 0 fully saturated rings. The lowest BCUT2D eigenvalue weighted by Gasteiger charge is -2.22. The van der Waals surface area contributed by atoms with Crippen molar-refractivity contribution in [1.82, 2.24) is 9.97 Å². The molecular weight excluding hydrogens is 569 g/mol. The van der Waals surface area contributed by atoms with Gasteiger partial charge in [-0.2, -0.15) is 0 Å². The van der Waals surface area contributed by atoms with Crippen LogP contribution in [0, 0.1) is 0 Å². The minimum Gasteiger partial charge on any atom is -0.228 e. The van der Waals surface area contributed by atoms with Gasteiger partial charge in [0.05, 0.1) is 11.4 Å². The third kappa shape index (κ3) is 4.56. The van der Waals surface area contributed by atoms with Gasteiger partial charge in [-0.1, -0.05) is 141 Å². The van der Waals surface area contributed by atoms with Gasteiger partial charge in [0.25, 0.3) is 0 Å². The smallest absolute Gasteiger partial charge is 0.160 e. The van der Waals surface area contributed by atoms with E-state index in [9.17, 15) is 0 Å². The molecule has 0 unspecified atom stereocenters. The zero-order chi connectivity index (χ0) is 31.5. The van der Waals surface area contributed by atoms with Crippen LogP contribution in [0.3, 0.4) is 0 Å². The van der Waals surface area contributed by atoms with Gasteiger partial charge in [-0.3, -0.25) is 0 Å². The Bertz CT molecular complexity index is 2420. The summed E-state index contributed by atoms with van der Waals surface area (Å²) in [7, 11) is 0. The van der Waals surface area contributed by atoms with Crippen LogP contribution in [0.25, 0.3) is 77.7 Å². The van der Waals surface area contributed by atoms with Gasteiger partial charge < -0.3 is 0 Å². The second kappa shape index (κ2) is 10.6. The van der Waals surface area contributed by atoms with Crippen LogP contribution in [0.4, 0.5) is 0 Å². The van der Waals surface area contributed by atoms with Crippen LogP contribution in [0.5, 0.6) is 0 Å². The fourth-order valence-corrected chi connectivity index (χ4v) is 7.36. The van der Waals surface area contributed by atoms with Crippen LogP contribution in [0.1, 0.15) is 25.0 Å². The van der Waals surface area contributed by atoms with Crippen molar-refractivity contribution in [2.24, 2.45) is 0 Å². The van der Waals surface area contributed by atoms with Crippen molar-refractivity contribution in [1.29, 1.82) is 0 Å². The number of aromatic nitrogens is 2. The Kier molecular flexibility index (Phi) is 6.20. The Morgan fingerprint density at radius 2 is 0.936 bits per heavy atom. The number of nitrogens with zero attached hydrogens (tertiary/aromatic N) is 2. The Labute approximate surface area is 275 Å². The fraction of sp³-hybridized carbons (Fsp3) is 0.0667. The van der Waals surface area contributed by atoms with E-state index in [2.05, 4.69) is 159 Å². The number of hydrogen-bond donors (Lipinski definition) is 0. The molecule has 0 atom stereocenters. The minimum absolute atomic E-state index is 0.0661. The van der Waals surface area contributed by atoms with Crippen molar-refractivity contribution >= 4 is 21.5 Å². The molecule has 9 rings (SSSR count). The van der Waals surface area contributed by atoms with Crippen molar-refractivity contribution in [3.8, 4) is 56.2 Å². The molecule has 0 saturated carbocycles. The van der Waals surface area contributed by atoms with Gasteiger partial charge in [0.1, 0.15) is 0 Å². The van der Waals surface area contributed by atoms with Crippen molar-refractivity contribution in [3.63, 3.8) is 0 Å². The van der Waals surface area contributed by atoms with E-state index in [4.69, 9.17) is 9.97 Å². The summed E-state index contributed by atoms with van der Waals surface area (Å²) in [5, 5.41) is 4.94. The highest BCUT2D eigenvalue weighted by atomic mass is 14.9. The first-order valence-electron chi connectivity index (χ1n) is 16.2. The molecule has 0 saturated heterocycles. The van der Waals surface area contributed by atoms with Crippen LogP contribution in [0.15, 0.2) is 158 Å². The standard InChI is InChI=1S/C45H32N2/c1-45(2)39-19-11-18-37(43(39)38-26-31-16-9-10-17-32(31)27-40(38)45)35-22-20-34-25-36(23-21-33(34)24-35)44-46-41(29-12-5-3-6-13-29)28-42(47-44)30-14-7-4-8-15-30/h3-28H,1-2H3. The molecule has 1 aliphatic rings. The number of fused-ring (bicyclic) bond motifs is 5. The van der Waals surface area contributed by atoms with Gasteiger partial charge >= 0.3 is 0 Å². The molecule has 0 spiro atoms. The Morgan fingerprint density at radius 3 is 1.60 bits per heavy atom. The molecule has 222 valence electrons. The first kappa shape index (κ1) is 27.5. The first-order chi connectivity index (χ1) is 23.0. The molecule has 0 bridgehead atoms. The highest BCUT2D eigenvalue weighted by molar-refractivity contribution is 6.00. The van der Waals surface area contributed by atoms with E-state index < -0.39 is 0 Å². The summed E-state index contributed by atoms with van der Waals surface area (Å²) in [5.74, 6) is 0.725. The fourth-order valence-electron chi connectivity index (χ4n) is 7.36. The summed E-state index contributed by atoms with van der Waals surface area (Å²) >= 11 is 0. The molecule has 1 aliphatic carbocycles. The molecule has 0 radical (unpaired) electrons. The summed E-state index contributed by atoms with van der Waals surface area (Å²) in [6.45, 7) is 4.71. The van der Waals surface area contributed by atoms with Crippen molar-refractivity contribution in [2.75, 3.05) is 0 Å². The average molecular weight is 601 g/mol. The number of hydrogen-bond acceptors (Lipinski definition) is 2. The zero-order valence-electron chi connectivity index (χ0n) is 26.4. The molecule has 47 heavy (non-hydrogen) atoms. The monoisotopic (exact) mass is 600 g/mol. The van der Waals surface area contributed by atoms with E-state index in [1.807, 2.05) is 12.1 Å². The van der Waals surface area contributed by atoms with E-state index in [-0.39, 0.29) is 5.41 Å². The van der Waals surface area contributed by atoms with Crippen molar-refractivity contribution in [3.05, 3.63) is 169 Å². The van der Waals surface area contributed by atoms with Crippen molar-refractivity contribution < 1.29 is 0 Å². The molecule has 0 amide bonds. The molecule has 2 nitrogen and oxygen atoms in total. The third-order valence-electron chi connectivity index (χ3n) is 9.84. The Hall–Kier alpha value is -5.86. The lowest BCUT2D eigenvalue weighted by atomic mass is 9.81. The normalized spacial score (nSPS) is 13.1. The largest absolute Gasteiger partial charge is 0.228 e. The highest BCUT2D eigenvalue weighted by Crippen LogP contribution is 2.53. The average Bonchev–Trinajstić information content (AvgIpc) is 3.36. The molecule has 2 heteroatoms. The number of rotatable bonds is 4. The lowest BCUT2D eigenvalue weighted by molar-refractivity contribution is 0.661. The molecule has 8 aromatic rings. The van der Waals surface area contributed by atoms with Gasteiger partial charge in [0.15, 0.2) is 5.82 Å². The maximum Gasteiger partial charge on any atom is 0.160 e. The summed E-state index contributed by atoms with van der Waals surface area (Å²) in [6.07, 6.45) is 0. The maximum atomic E-state index is 5.06. The minimum atomic E-state index is -0.0661. The molecule has 0 N–H and O–H groups in total. The van der Waals surface area contributed by atoms with Crippen LogP contribution in [-0.2, 0) is 5.41 Å². The highest BCUT2D eigenvalue weighted by Gasteiger charge is 2.37. The molecule has 7 aromatic carbocycles. The maximum absolute atomic E-state index is 5.06. The topological polar surface area (TPSA) is 25.8 Å². The van der Waals surface area contributed by atoms with Crippen molar-refractivity contribution in [2.45, 2.75) is 19.3 Å². The van der Waals surface area contributed by atoms with Crippen LogP contribution >= 0.6 is 0 Å². The molecule has 0 aliphatic heterocycles. The summed E-state index contributed by atoms with van der Waals surface area (Å²) in [5.41, 5.74) is 12.9. The summed E-state index contributed by atoms with van der Waals surface area (Å²) < 4.78 is 0. The van der Waals surface area contributed by atoms with E-state index in [1.54, 1.807) is 0 Å². The molecular formula is C45H32N2. The predicted molar refractivity (Wildman–Crippen MR) is 196 cm³/mol. The predicted octanol–water partition coefficient (Wildman–Crippen LogP) is 11.8. The van der Waals surface area contributed by atoms with Gasteiger partial charge in [-0.15, -0.1) is 0 Å². The SMILES string of the molecule is CC1(C)c2cc3ccccc3cc2-c2c(-c3ccc4cc(-c5nc(-c6ccccc6)cc(-c6ccccc6)n5)ccc4c3)cccc21. The second-order valence-corrected chi connectivity index (χ2v) is 13.1.